The predicted molar refractivity (Wildman–Crippen MR) is 291 cm³/mol. The van der Waals surface area contributed by atoms with Crippen molar-refractivity contribution >= 4 is 87.2 Å². The van der Waals surface area contributed by atoms with Crippen LogP contribution in [-0.4, -0.2) is 18.3 Å². The molecule has 0 radical (unpaired) electrons. The van der Waals surface area contributed by atoms with Gasteiger partial charge in [0.05, 0.1) is 66.9 Å². The standard InChI is InChI=1S/C65H40N6/c1-65(2)50-27-11-3-19-39(50)46-35-36-58-59(60(46)65)47-26-10-18-34-57(47)71(58)63-49(38-67)61(68-51-28-12-4-20-40(51)41-21-5-13-29-52(41)68)48(37-66)62(69-53-30-14-6-22-42(53)43-23-7-15-31-54(43)69)64(63)70-55-32-16-8-24-44(55)45-25-9-17-33-56(45)70/h3-36H,1-2H3. The topological polar surface area (TPSA) is 67.3 Å². The zero-order valence-electron chi connectivity index (χ0n) is 38.8. The van der Waals surface area contributed by atoms with Gasteiger partial charge in [-0.05, 0) is 70.8 Å². The van der Waals surface area contributed by atoms with Gasteiger partial charge in [0, 0.05) is 48.5 Å². The molecule has 0 spiro atoms. The highest BCUT2D eigenvalue weighted by molar-refractivity contribution is 6.18. The van der Waals surface area contributed by atoms with Crippen LogP contribution in [0.5, 0.6) is 0 Å². The van der Waals surface area contributed by atoms with E-state index in [1.807, 2.05) is 12.1 Å². The second-order valence-corrected chi connectivity index (χ2v) is 19.4. The molecule has 0 amide bonds. The number of fused-ring (bicyclic) bond motifs is 16. The van der Waals surface area contributed by atoms with Crippen LogP contribution in [0.4, 0.5) is 0 Å². The first-order valence-electron chi connectivity index (χ1n) is 24.2. The summed E-state index contributed by atoms with van der Waals surface area (Å²) in [6.45, 7) is 4.69. The van der Waals surface area contributed by atoms with Crippen molar-refractivity contribution in [1.82, 2.24) is 18.3 Å². The van der Waals surface area contributed by atoms with Gasteiger partial charge in [-0.3, -0.25) is 0 Å². The third-order valence-corrected chi connectivity index (χ3v) is 15.6. The lowest BCUT2D eigenvalue weighted by molar-refractivity contribution is 0.666. The van der Waals surface area contributed by atoms with Crippen molar-refractivity contribution < 1.29 is 0 Å². The summed E-state index contributed by atoms with van der Waals surface area (Å²) in [7, 11) is 0. The third-order valence-electron chi connectivity index (χ3n) is 15.6. The van der Waals surface area contributed by atoms with Crippen LogP contribution in [0.25, 0.3) is 121 Å². The number of rotatable bonds is 4. The molecule has 1 aliphatic rings. The molecule has 0 atom stereocenters. The number of para-hydroxylation sites is 7. The second kappa shape index (κ2) is 14.2. The monoisotopic (exact) mass is 904 g/mol. The third kappa shape index (κ3) is 4.98. The number of benzene rings is 10. The van der Waals surface area contributed by atoms with Gasteiger partial charge in [-0.2, -0.15) is 10.5 Å². The summed E-state index contributed by atoms with van der Waals surface area (Å²) in [6, 6.07) is 78.6. The van der Waals surface area contributed by atoms with E-state index < -0.39 is 0 Å². The number of nitrogens with zero attached hydrogens (tertiary/aromatic N) is 6. The lowest BCUT2D eigenvalue weighted by Crippen LogP contribution is -2.17. The summed E-state index contributed by atoms with van der Waals surface area (Å²) in [6.07, 6.45) is 0. The van der Waals surface area contributed by atoms with Crippen LogP contribution in [0.15, 0.2) is 206 Å². The van der Waals surface area contributed by atoms with Crippen molar-refractivity contribution in [1.29, 1.82) is 10.5 Å². The van der Waals surface area contributed by atoms with Gasteiger partial charge < -0.3 is 18.3 Å². The first-order valence-corrected chi connectivity index (χ1v) is 24.2. The highest BCUT2D eigenvalue weighted by Crippen LogP contribution is 2.55. The van der Waals surface area contributed by atoms with Crippen molar-refractivity contribution in [3.8, 4) is 46.0 Å². The molecule has 0 saturated heterocycles. The minimum Gasteiger partial charge on any atom is -0.306 e. The van der Waals surface area contributed by atoms with E-state index in [2.05, 4.69) is 238 Å². The zero-order chi connectivity index (χ0) is 47.3. The van der Waals surface area contributed by atoms with E-state index in [0.717, 1.165) is 92.9 Å². The fourth-order valence-electron chi connectivity index (χ4n) is 12.8. The predicted octanol–water partition coefficient (Wildman–Crippen LogP) is 16.1. The molecule has 0 fully saturated rings. The van der Waals surface area contributed by atoms with Crippen LogP contribution in [0.3, 0.4) is 0 Å². The van der Waals surface area contributed by atoms with Crippen LogP contribution in [0.2, 0.25) is 0 Å². The van der Waals surface area contributed by atoms with Gasteiger partial charge in [0.15, 0.2) is 0 Å². The molecule has 6 nitrogen and oxygen atoms in total. The van der Waals surface area contributed by atoms with E-state index in [1.165, 1.54) is 22.3 Å². The minimum absolute atomic E-state index is 0.332. The van der Waals surface area contributed by atoms with Gasteiger partial charge in [0.2, 0.25) is 0 Å². The average molecular weight is 905 g/mol. The number of aromatic nitrogens is 4. The average Bonchev–Trinajstić information content (AvgIpc) is 4.20. The van der Waals surface area contributed by atoms with Crippen LogP contribution in [0, 0.1) is 22.7 Å². The van der Waals surface area contributed by atoms with Crippen LogP contribution >= 0.6 is 0 Å². The van der Waals surface area contributed by atoms with Gasteiger partial charge in [-0.1, -0.05) is 172 Å². The first-order chi connectivity index (χ1) is 35.0. The summed E-state index contributed by atoms with van der Waals surface area (Å²) in [5, 5.41) is 33.4. The Morgan fingerprint density at radius 1 is 0.310 bits per heavy atom. The van der Waals surface area contributed by atoms with Crippen molar-refractivity contribution in [2.75, 3.05) is 0 Å². The molecule has 4 heterocycles. The Hall–Kier alpha value is -9.62. The Kier molecular flexibility index (Phi) is 7.88. The van der Waals surface area contributed by atoms with Crippen molar-refractivity contribution in [3.05, 3.63) is 229 Å². The summed E-state index contributed by atoms with van der Waals surface area (Å²) >= 11 is 0. The van der Waals surface area contributed by atoms with E-state index in [9.17, 15) is 10.5 Å². The summed E-state index contributed by atoms with van der Waals surface area (Å²) in [5.74, 6) is 0. The first kappa shape index (κ1) is 39.4. The molecule has 0 aliphatic heterocycles. The van der Waals surface area contributed by atoms with Crippen LogP contribution < -0.4 is 0 Å². The second-order valence-electron chi connectivity index (χ2n) is 19.4. The highest BCUT2D eigenvalue weighted by Gasteiger charge is 2.40. The Bertz CT molecular complexity index is 4600. The fraction of sp³-hybridized carbons (Fsp3) is 0.0462. The maximum atomic E-state index is 12.5. The quantitative estimate of drug-likeness (QED) is 0.177. The van der Waals surface area contributed by atoms with Crippen LogP contribution in [0.1, 0.15) is 36.1 Å². The molecule has 15 rings (SSSR count). The molecule has 330 valence electrons. The maximum absolute atomic E-state index is 12.5. The van der Waals surface area contributed by atoms with E-state index in [-0.39, 0.29) is 5.41 Å². The largest absolute Gasteiger partial charge is 0.306 e. The van der Waals surface area contributed by atoms with Gasteiger partial charge in [0.1, 0.15) is 23.3 Å². The van der Waals surface area contributed by atoms with Crippen LogP contribution in [-0.2, 0) is 5.41 Å². The van der Waals surface area contributed by atoms with Crippen molar-refractivity contribution in [3.63, 3.8) is 0 Å². The van der Waals surface area contributed by atoms with E-state index in [4.69, 9.17) is 0 Å². The molecule has 71 heavy (non-hydrogen) atoms. The van der Waals surface area contributed by atoms with Crippen molar-refractivity contribution in [2.45, 2.75) is 19.3 Å². The highest BCUT2D eigenvalue weighted by atomic mass is 15.1. The normalized spacial score (nSPS) is 13.0. The summed E-state index contributed by atoms with van der Waals surface area (Å²) < 4.78 is 9.18. The van der Waals surface area contributed by atoms with Gasteiger partial charge in [0.25, 0.3) is 0 Å². The zero-order valence-corrected chi connectivity index (χ0v) is 38.8. The SMILES string of the molecule is CC1(C)c2ccccc2-c2ccc3c(c21)c1ccccc1n3-c1c(C#N)c(-n2c3ccccc3c3ccccc32)c(C#N)c(-n2c3ccccc3c3ccccc32)c1-n1c2ccccc2c2ccccc21. The maximum Gasteiger partial charge on any atom is 0.104 e. The number of hydrogen-bond acceptors (Lipinski definition) is 2. The van der Waals surface area contributed by atoms with E-state index in [1.54, 1.807) is 0 Å². The fourth-order valence-corrected chi connectivity index (χ4v) is 12.8. The van der Waals surface area contributed by atoms with E-state index in [0.29, 0.717) is 28.2 Å². The minimum atomic E-state index is -0.332. The molecule has 4 aromatic heterocycles. The molecule has 10 aromatic carbocycles. The molecular formula is C65H40N6. The number of hydrogen-bond donors (Lipinski definition) is 0. The molecule has 6 heteroatoms. The lowest BCUT2D eigenvalue weighted by Gasteiger charge is -2.27. The van der Waals surface area contributed by atoms with Gasteiger partial charge >= 0.3 is 0 Å². The molecule has 14 aromatic rings. The molecule has 0 N–H and O–H groups in total. The Labute approximate surface area is 407 Å². The smallest absolute Gasteiger partial charge is 0.104 e. The lowest BCUT2D eigenvalue weighted by atomic mass is 9.80. The van der Waals surface area contributed by atoms with Crippen molar-refractivity contribution in [2.24, 2.45) is 0 Å². The Morgan fingerprint density at radius 2 is 0.634 bits per heavy atom. The summed E-state index contributed by atoms with van der Waals surface area (Å²) in [5.41, 5.74) is 15.7. The molecule has 0 bridgehead atoms. The Morgan fingerprint density at radius 3 is 1.06 bits per heavy atom. The van der Waals surface area contributed by atoms with Gasteiger partial charge in [-0.15, -0.1) is 0 Å². The molecular weight excluding hydrogens is 865 g/mol. The Balaban J connectivity index is 1.27. The van der Waals surface area contributed by atoms with E-state index >= 15 is 0 Å². The molecule has 1 aliphatic carbocycles. The molecule has 0 unspecified atom stereocenters. The van der Waals surface area contributed by atoms with Gasteiger partial charge in [-0.25, -0.2) is 0 Å². The molecule has 0 saturated carbocycles. The summed E-state index contributed by atoms with van der Waals surface area (Å²) in [4.78, 5) is 0. The number of nitriles is 2.